The van der Waals surface area contributed by atoms with Gasteiger partial charge in [-0.1, -0.05) is 30.3 Å². The van der Waals surface area contributed by atoms with Gasteiger partial charge in [0, 0.05) is 0 Å². The maximum Gasteiger partial charge on any atom is 1.00 e. The molecule has 3 aromatic rings. The first kappa shape index (κ1) is 22.5. The first-order valence-corrected chi connectivity index (χ1v) is 10.4. The average molecular weight is 455 g/mol. The van der Waals surface area contributed by atoms with E-state index in [-0.39, 0.29) is 53.1 Å². The molecule has 0 radical (unpaired) electrons. The van der Waals surface area contributed by atoms with Gasteiger partial charge in [0.25, 0.3) is 0 Å². The topological polar surface area (TPSA) is 164 Å². The summed E-state index contributed by atoms with van der Waals surface area (Å²) in [5.74, 6) is -0.422. The number of aliphatic imine (C=N–C) groups is 1. The zero-order chi connectivity index (χ0) is 20.9. The van der Waals surface area contributed by atoms with Crippen molar-refractivity contribution in [2.75, 3.05) is 6.61 Å². The van der Waals surface area contributed by atoms with E-state index in [1.54, 1.807) is 30.3 Å². The van der Waals surface area contributed by atoms with Crippen molar-refractivity contribution in [3.63, 3.8) is 0 Å². The van der Waals surface area contributed by atoms with Gasteiger partial charge in [-0.25, -0.2) is 24.5 Å². The number of phosphoric ester groups is 1. The van der Waals surface area contributed by atoms with Crippen LogP contribution in [0.3, 0.4) is 0 Å². The number of aromatic nitrogens is 4. The molecule has 0 bridgehead atoms. The Morgan fingerprint density at radius 2 is 2.03 bits per heavy atom. The van der Waals surface area contributed by atoms with Crippen molar-refractivity contribution in [1.29, 1.82) is 0 Å². The van der Waals surface area contributed by atoms with E-state index >= 15 is 0 Å². The maximum absolute atomic E-state index is 12.4. The summed E-state index contributed by atoms with van der Waals surface area (Å²) in [5, 5.41) is 23.0. The third-order valence-corrected chi connectivity index (χ3v) is 5.79. The molecule has 2 fully saturated rings. The van der Waals surface area contributed by atoms with E-state index in [0.717, 1.165) is 0 Å². The normalized spacial score (nSPS) is 30.7. The summed E-state index contributed by atoms with van der Waals surface area (Å²) >= 11 is 0. The van der Waals surface area contributed by atoms with Crippen LogP contribution in [0.2, 0.25) is 0 Å². The third-order valence-electron chi connectivity index (χ3n) is 4.81. The molecule has 5 rings (SSSR count). The number of fused-ring (bicyclic) bond motifs is 2. The van der Waals surface area contributed by atoms with Crippen LogP contribution in [0.25, 0.3) is 11.2 Å². The number of aliphatic hydroxyl groups is 1. The van der Waals surface area contributed by atoms with Gasteiger partial charge in [-0.15, -0.1) is 0 Å². The smallest absolute Gasteiger partial charge is 0.858 e. The minimum atomic E-state index is -4.24. The fourth-order valence-electron chi connectivity index (χ4n) is 3.41. The summed E-state index contributed by atoms with van der Waals surface area (Å²) in [6, 6.07) is 8.51. The van der Waals surface area contributed by atoms with E-state index in [1.807, 2.05) is 0 Å². The van der Waals surface area contributed by atoms with Gasteiger partial charge in [0.1, 0.15) is 24.6 Å². The molecule has 0 spiro atoms. The van der Waals surface area contributed by atoms with Gasteiger partial charge in [-0.2, -0.15) is 0 Å². The van der Waals surface area contributed by atoms with Crippen LogP contribution >= 0.6 is 7.82 Å². The molecule has 2 N–H and O–H groups in total. The quantitative estimate of drug-likeness (QED) is 0.181. The molecule has 2 aromatic heterocycles. The van der Waals surface area contributed by atoms with Gasteiger partial charge < -0.3 is 19.8 Å². The number of phosphoric acid groups is 1. The molecular weight excluding hydrogens is 440 g/mol. The second-order valence-corrected chi connectivity index (χ2v) is 8.10. The summed E-state index contributed by atoms with van der Waals surface area (Å²) < 4.78 is 28.5. The molecule has 2 aliphatic heterocycles. The number of rotatable bonds is 3. The van der Waals surface area contributed by atoms with Gasteiger partial charge in [-0.3, -0.25) is 13.6 Å². The monoisotopic (exact) mass is 455 g/mol. The van der Waals surface area contributed by atoms with Crippen LogP contribution in [-0.2, 0) is 18.3 Å². The van der Waals surface area contributed by atoms with Crippen LogP contribution in [0.1, 0.15) is 11.8 Å². The fourth-order valence-corrected chi connectivity index (χ4v) is 4.38. The Labute approximate surface area is 197 Å². The number of imidazole rings is 1. The predicted molar refractivity (Wildman–Crippen MR) is 98.5 cm³/mol. The van der Waals surface area contributed by atoms with E-state index < -0.39 is 38.3 Å². The summed E-state index contributed by atoms with van der Waals surface area (Å²) in [5.41, 5.74) is 0.894. The van der Waals surface area contributed by atoms with Gasteiger partial charge in [0.15, 0.2) is 23.2 Å². The van der Waals surface area contributed by atoms with Crippen molar-refractivity contribution in [3.8, 4) is 0 Å². The van der Waals surface area contributed by atoms with Crippen molar-refractivity contribution in [2.24, 2.45) is 4.99 Å². The second kappa shape index (κ2) is 8.66. The molecule has 14 heteroatoms. The molecule has 156 valence electrons. The van der Waals surface area contributed by atoms with Crippen LogP contribution in [0, 0.1) is 0 Å². The number of ether oxygens (including phenoxy) is 1. The number of benzene rings is 1. The summed E-state index contributed by atoms with van der Waals surface area (Å²) in [6.45, 7) is -0.209. The standard InChI is InChI=1S/C17H16N5O7P.Na/c23-12-13-10(6-27-30(25,26)29-13)28-17(12)22-8-20-11-14(18-7-19-15(11)22)21-16(24)9-4-2-1-3-5-9;/h1-5,7-8,10,12-13,17,23H,6H2,(H,25,26)(H,18,19,21,24);/q;+1/p-1/t10-,12-,13-,17-;/m1./s1. The summed E-state index contributed by atoms with van der Waals surface area (Å²) in [7, 11) is -4.24. The molecule has 0 amide bonds. The molecule has 4 heterocycles. The van der Waals surface area contributed by atoms with E-state index in [0.29, 0.717) is 5.56 Å². The first-order valence-electron chi connectivity index (χ1n) is 8.91. The van der Waals surface area contributed by atoms with Crippen molar-refractivity contribution in [3.05, 3.63) is 48.5 Å². The Hall–Kier alpha value is -1.73. The predicted octanol–water partition coefficient (Wildman–Crippen LogP) is -2.96. The second-order valence-electron chi connectivity index (χ2n) is 6.69. The van der Waals surface area contributed by atoms with Gasteiger partial charge in [0.2, 0.25) is 0 Å². The zero-order valence-electron chi connectivity index (χ0n) is 16.2. The van der Waals surface area contributed by atoms with Crippen LogP contribution in [-0.4, -0.2) is 60.3 Å². The maximum atomic E-state index is 12.4. The molecule has 0 saturated carbocycles. The number of hydrogen-bond donors (Lipinski definition) is 2. The average Bonchev–Trinajstić information content (AvgIpc) is 3.30. The van der Waals surface area contributed by atoms with Crippen molar-refractivity contribution >= 4 is 30.7 Å². The number of aliphatic hydroxyl groups excluding tert-OH is 1. The molecule has 0 aliphatic carbocycles. The number of hydrogen-bond acceptors (Lipinski definition) is 10. The largest absolute Gasteiger partial charge is 1.00 e. The molecule has 2 aliphatic rings. The van der Waals surface area contributed by atoms with Crippen molar-refractivity contribution < 1.29 is 63.0 Å². The molecule has 12 nitrogen and oxygen atoms in total. The Morgan fingerprint density at radius 3 is 2.81 bits per heavy atom. The van der Waals surface area contributed by atoms with Crippen LogP contribution in [0.5, 0.6) is 0 Å². The van der Waals surface area contributed by atoms with Gasteiger partial charge >= 0.3 is 37.4 Å². The molecule has 31 heavy (non-hydrogen) atoms. The van der Waals surface area contributed by atoms with E-state index in [4.69, 9.17) is 13.8 Å². The number of nitrogens with zero attached hydrogens (tertiary/aromatic N) is 5. The van der Waals surface area contributed by atoms with Gasteiger partial charge in [0.05, 0.1) is 12.9 Å². The molecular formula is C17H15N5NaO7P. The Bertz CT molecular complexity index is 1180. The third kappa shape index (κ3) is 4.19. The fraction of sp³-hybridized carbons (Fsp3) is 0.294. The Kier molecular flexibility index (Phi) is 6.28. The summed E-state index contributed by atoms with van der Waals surface area (Å²) in [6.07, 6.45) is -1.51. The van der Waals surface area contributed by atoms with Gasteiger partial charge in [-0.05, 0) is 11.5 Å². The molecule has 1 aromatic carbocycles. The van der Waals surface area contributed by atoms with E-state index in [2.05, 4.69) is 19.9 Å². The van der Waals surface area contributed by atoms with Crippen LogP contribution in [0.15, 0.2) is 48.0 Å². The SMILES string of the molecule is O=P1(O)OC[C@H]2O[C@@H](n3cnc4c(N=C([O-])c5ccccc5)ncnc43)[C@H](O)[C@@H]2O1.[Na+]. The molecule has 5 atom stereocenters. The van der Waals surface area contributed by atoms with E-state index in [1.165, 1.54) is 17.2 Å². The first-order chi connectivity index (χ1) is 14.4. The summed E-state index contributed by atoms with van der Waals surface area (Å²) in [4.78, 5) is 25.9. The molecule has 1 unspecified atom stereocenters. The van der Waals surface area contributed by atoms with Crippen LogP contribution in [0.4, 0.5) is 5.82 Å². The minimum Gasteiger partial charge on any atom is -0.858 e. The van der Waals surface area contributed by atoms with Crippen molar-refractivity contribution in [1.82, 2.24) is 19.5 Å². The zero-order valence-corrected chi connectivity index (χ0v) is 19.1. The Morgan fingerprint density at radius 1 is 1.26 bits per heavy atom. The minimum absolute atomic E-state index is 0. The van der Waals surface area contributed by atoms with Crippen LogP contribution < -0.4 is 34.7 Å². The molecule has 2 saturated heterocycles. The van der Waals surface area contributed by atoms with E-state index in [9.17, 15) is 19.7 Å². The van der Waals surface area contributed by atoms with Crippen molar-refractivity contribution in [2.45, 2.75) is 24.5 Å². The Balaban J connectivity index is 0.00000231.